The molecular formula is C17H19FN4O. The number of hydrogen-bond donors (Lipinski definition) is 2. The van der Waals surface area contributed by atoms with Gasteiger partial charge in [-0.2, -0.15) is 0 Å². The number of aromatic nitrogens is 1. The Morgan fingerprint density at radius 2 is 2.17 bits per heavy atom. The summed E-state index contributed by atoms with van der Waals surface area (Å²) in [7, 11) is 0. The Balaban J connectivity index is 1.69. The molecule has 2 heterocycles. The number of nitrogens with zero attached hydrogens (tertiary/aromatic N) is 2. The summed E-state index contributed by atoms with van der Waals surface area (Å²) < 4.78 is 12.9. The molecule has 0 unspecified atom stereocenters. The van der Waals surface area contributed by atoms with Crippen LogP contribution in [0.25, 0.3) is 0 Å². The van der Waals surface area contributed by atoms with Crippen molar-refractivity contribution in [1.82, 2.24) is 9.88 Å². The van der Waals surface area contributed by atoms with Crippen LogP contribution in [0.3, 0.4) is 0 Å². The summed E-state index contributed by atoms with van der Waals surface area (Å²) in [5, 5.41) is 6.56. The number of nitrogens with one attached hydrogen (secondary N) is 2. The number of hydrogen-bond acceptors (Lipinski definition) is 4. The highest BCUT2D eigenvalue weighted by molar-refractivity contribution is 5.74. The van der Waals surface area contributed by atoms with E-state index in [-0.39, 0.29) is 11.7 Å². The molecule has 0 fully saturated rings. The lowest BCUT2D eigenvalue weighted by atomic mass is 10.2. The maximum atomic E-state index is 12.9. The minimum absolute atomic E-state index is 0.0677. The van der Waals surface area contributed by atoms with Crippen molar-refractivity contribution in [2.45, 2.75) is 20.0 Å². The Morgan fingerprint density at radius 1 is 1.39 bits per heavy atom. The van der Waals surface area contributed by atoms with E-state index in [0.29, 0.717) is 26.2 Å². The topological polar surface area (TPSA) is 57.3 Å². The maximum absolute atomic E-state index is 12.9. The highest BCUT2D eigenvalue weighted by Gasteiger charge is 2.16. The van der Waals surface area contributed by atoms with Crippen LogP contribution in [0.1, 0.15) is 18.1 Å². The van der Waals surface area contributed by atoms with Gasteiger partial charge in [-0.3, -0.25) is 4.79 Å². The van der Waals surface area contributed by atoms with Crippen molar-refractivity contribution < 1.29 is 9.18 Å². The molecule has 0 saturated heterocycles. The number of pyridine rings is 1. The molecule has 1 amide bonds. The Kier molecular flexibility index (Phi) is 4.41. The number of amides is 1. The van der Waals surface area contributed by atoms with Gasteiger partial charge in [0.2, 0.25) is 5.91 Å². The van der Waals surface area contributed by atoms with Crippen molar-refractivity contribution in [1.29, 1.82) is 0 Å². The zero-order chi connectivity index (χ0) is 16.2. The van der Waals surface area contributed by atoms with Gasteiger partial charge in [0.15, 0.2) is 0 Å². The van der Waals surface area contributed by atoms with Crippen LogP contribution in [0.15, 0.2) is 36.5 Å². The van der Waals surface area contributed by atoms with E-state index in [0.717, 1.165) is 22.6 Å². The van der Waals surface area contributed by atoms with Gasteiger partial charge in [0.1, 0.15) is 11.6 Å². The molecule has 23 heavy (non-hydrogen) atoms. The minimum Gasteiger partial charge on any atom is -0.383 e. The van der Waals surface area contributed by atoms with E-state index in [4.69, 9.17) is 0 Å². The molecule has 6 heteroatoms. The third-order valence-corrected chi connectivity index (χ3v) is 3.88. The third-order valence-electron chi connectivity index (χ3n) is 3.88. The van der Waals surface area contributed by atoms with Gasteiger partial charge < -0.3 is 15.5 Å². The van der Waals surface area contributed by atoms with Crippen LogP contribution in [-0.2, 0) is 17.9 Å². The van der Waals surface area contributed by atoms with Gasteiger partial charge in [-0.1, -0.05) is 12.1 Å². The number of halogens is 1. The van der Waals surface area contributed by atoms with Crippen LogP contribution >= 0.6 is 0 Å². The second-order valence-corrected chi connectivity index (χ2v) is 5.57. The van der Waals surface area contributed by atoms with Crippen LogP contribution in [0.4, 0.5) is 15.9 Å². The van der Waals surface area contributed by atoms with E-state index in [1.54, 1.807) is 30.2 Å². The second-order valence-electron chi connectivity index (χ2n) is 5.57. The fraction of sp³-hybridized carbons (Fsp3) is 0.294. The van der Waals surface area contributed by atoms with Gasteiger partial charge in [-0.05, 0) is 17.7 Å². The molecule has 0 radical (unpaired) electrons. The monoisotopic (exact) mass is 314 g/mol. The Labute approximate surface area is 134 Å². The van der Waals surface area contributed by atoms with Crippen molar-refractivity contribution in [2.75, 3.05) is 23.7 Å². The lowest BCUT2D eigenvalue weighted by Crippen LogP contribution is -2.30. The fourth-order valence-electron chi connectivity index (χ4n) is 2.54. The first kappa shape index (κ1) is 15.3. The number of fused-ring (bicyclic) bond motifs is 1. The molecule has 0 spiro atoms. The highest BCUT2D eigenvalue weighted by atomic mass is 19.1. The smallest absolute Gasteiger partial charge is 0.219 e. The molecular weight excluding hydrogens is 295 g/mol. The van der Waals surface area contributed by atoms with E-state index < -0.39 is 0 Å². The highest BCUT2D eigenvalue weighted by Crippen LogP contribution is 2.22. The zero-order valence-electron chi connectivity index (χ0n) is 13.0. The van der Waals surface area contributed by atoms with E-state index in [9.17, 15) is 9.18 Å². The van der Waals surface area contributed by atoms with Crippen molar-refractivity contribution in [3.63, 3.8) is 0 Å². The summed E-state index contributed by atoms with van der Waals surface area (Å²) in [5.74, 6) is 0.575. The predicted octanol–water partition coefficient (Wildman–Crippen LogP) is 2.61. The van der Waals surface area contributed by atoms with Crippen molar-refractivity contribution in [3.8, 4) is 0 Å². The zero-order valence-corrected chi connectivity index (χ0v) is 13.0. The van der Waals surface area contributed by atoms with Crippen LogP contribution in [0, 0.1) is 5.82 Å². The van der Waals surface area contributed by atoms with Crippen LogP contribution in [-0.4, -0.2) is 28.9 Å². The van der Waals surface area contributed by atoms with E-state index in [1.807, 2.05) is 6.07 Å². The molecule has 2 aromatic rings. The number of carbonyl (C=O) groups is 1. The molecule has 1 aliphatic heterocycles. The molecule has 0 saturated carbocycles. The van der Waals surface area contributed by atoms with Gasteiger partial charge in [-0.15, -0.1) is 0 Å². The second kappa shape index (κ2) is 6.64. The quantitative estimate of drug-likeness (QED) is 0.914. The molecule has 1 aromatic carbocycles. The Morgan fingerprint density at radius 3 is 2.91 bits per heavy atom. The summed E-state index contributed by atoms with van der Waals surface area (Å²) in [4.78, 5) is 17.7. The first-order valence-corrected chi connectivity index (χ1v) is 7.58. The lowest BCUT2D eigenvalue weighted by molar-refractivity contribution is -0.129. The molecule has 1 aromatic heterocycles. The van der Waals surface area contributed by atoms with Gasteiger partial charge in [0.25, 0.3) is 0 Å². The molecule has 5 nitrogen and oxygen atoms in total. The van der Waals surface area contributed by atoms with Crippen LogP contribution < -0.4 is 10.6 Å². The van der Waals surface area contributed by atoms with Gasteiger partial charge in [0.05, 0.1) is 0 Å². The molecule has 120 valence electrons. The summed E-state index contributed by atoms with van der Waals surface area (Å²) in [6.07, 6.45) is 1.79. The van der Waals surface area contributed by atoms with Crippen molar-refractivity contribution in [3.05, 3.63) is 53.5 Å². The minimum atomic E-state index is -0.240. The van der Waals surface area contributed by atoms with Crippen molar-refractivity contribution >= 4 is 17.4 Å². The summed E-state index contributed by atoms with van der Waals surface area (Å²) in [6.45, 7) is 4.13. The standard InChI is InChI=1S/C17H19FN4O/c1-12(23)22-7-6-19-16-8-17(21-10-14(16)11-22)20-9-13-2-4-15(18)5-3-13/h2-5,8,10,19H,6-7,9,11H2,1H3,(H,20,21). The lowest BCUT2D eigenvalue weighted by Gasteiger charge is -2.17. The number of benzene rings is 1. The summed E-state index contributed by atoms with van der Waals surface area (Å²) in [5.41, 5.74) is 2.98. The van der Waals surface area contributed by atoms with E-state index in [2.05, 4.69) is 15.6 Å². The molecule has 0 bridgehead atoms. The Bertz CT molecular complexity index is 702. The van der Waals surface area contributed by atoms with E-state index in [1.165, 1.54) is 12.1 Å². The molecule has 0 atom stereocenters. The SMILES string of the molecule is CC(=O)N1CCNc2cc(NCc3ccc(F)cc3)ncc2C1. The molecule has 3 rings (SSSR count). The summed E-state index contributed by atoms with van der Waals surface area (Å²) in [6, 6.07) is 8.32. The maximum Gasteiger partial charge on any atom is 0.219 e. The number of anilines is 2. The first-order chi connectivity index (χ1) is 11.1. The molecule has 2 N–H and O–H groups in total. The first-order valence-electron chi connectivity index (χ1n) is 7.58. The average Bonchev–Trinajstić information content (AvgIpc) is 2.76. The summed E-state index contributed by atoms with van der Waals surface area (Å²) >= 11 is 0. The number of carbonyl (C=O) groups excluding carboxylic acids is 1. The molecule has 1 aliphatic rings. The van der Waals surface area contributed by atoms with Gasteiger partial charge in [-0.25, -0.2) is 9.37 Å². The van der Waals surface area contributed by atoms with Crippen molar-refractivity contribution in [2.24, 2.45) is 0 Å². The normalized spacial score (nSPS) is 13.7. The van der Waals surface area contributed by atoms with Crippen LogP contribution in [0.2, 0.25) is 0 Å². The molecule has 0 aliphatic carbocycles. The third kappa shape index (κ3) is 3.77. The number of rotatable bonds is 3. The fourth-order valence-corrected chi connectivity index (χ4v) is 2.54. The van der Waals surface area contributed by atoms with Gasteiger partial charge in [0, 0.05) is 56.6 Å². The largest absolute Gasteiger partial charge is 0.383 e. The average molecular weight is 314 g/mol. The predicted molar refractivity (Wildman–Crippen MR) is 87.5 cm³/mol. The van der Waals surface area contributed by atoms with E-state index >= 15 is 0 Å². The van der Waals surface area contributed by atoms with Gasteiger partial charge >= 0.3 is 0 Å². The Hall–Kier alpha value is -2.63. The van der Waals surface area contributed by atoms with Crippen LogP contribution in [0.5, 0.6) is 0 Å².